The van der Waals surface area contributed by atoms with Gasteiger partial charge in [-0.05, 0) is 43.7 Å². The molecule has 1 aromatic carbocycles. The van der Waals surface area contributed by atoms with E-state index in [1.807, 2.05) is 18.2 Å². The van der Waals surface area contributed by atoms with Gasteiger partial charge in [0.25, 0.3) is 0 Å². The molecule has 3 N–H and O–H groups in total. The molecule has 1 aliphatic rings. The molecule has 0 saturated heterocycles. The molecule has 0 bridgehead atoms. The molecule has 0 spiro atoms. The van der Waals surface area contributed by atoms with Crippen LogP contribution in [0, 0.1) is 5.92 Å². The zero-order valence-corrected chi connectivity index (χ0v) is 15.9. The van der Waals surface area contributed by atoms with Crippen molar-refractivity contribution in [3.05, 3.63) is 24.4 Å². The van der Waals surface area contributed by atoms with Gasteiger partial charge in [0.1, 0.15) is 0 Å². The van der Waals surface area contributed by atoms with Crippen LogP contribution in [0.5, 0.6) is 11.5 Å². The molecular formula is C18H25N3O4S. The van der Waals surface area contributed by atoms with E-state index < -0.39 is 10.0 Å². The molecule has 26 heavy (non-hydrogen) atoms. The van der Waals surface area contributed by atoms with Crippen LogP contribution in [0.3, 0.4) is 0 Å². The molecule has 0 radical (unpaired) electrons. The summed E-state index contributed by atoms with van der Waals surface area (Å²) in [5, 5.41) is 9.71. The van der Waals surface area contributed by atoms with Gasteiger partial charge in [0.15, 0.2) is 11.5 Å². The van der Waals surface area contributed by atoms with E-state index in [0.717, 1.165) is 42.3 Å². The molecule has 8 heteroatoms. The summed E-state index contributed by atoms with van der Waals surface area (Å²) in [5.74, 6) is 1.54. The number of aromatic nitrogens is 1. The number of ether oxygens (including phenoxy) is 2. The van der Waals surface area contributed by atoms with Crippen molar-refractivity contribution in [1.82, 2.24) is 4.98 Å². The molecule has 1 saturated carbocycles. The lowest BCUT2D eigenvalue weighted by Crippen LogP contribution is -2.31. The minimum atomic E-state index is -3.40. The maximum absolute atomic E-state index is 11.3. The Morgan fingerprint density at radius 1 is 1.15 bits per heavy atom. The maximum Gasteiger partial charge on any atom is 0.209 e. The third-order valence-corrected chi connectivity index (χ3v) is 5.86. The summed E-state index contributed by atoms with van der Waals surface area (Å²) in [6, 6.07) is 6.04. The van der Waals surface area contributed by atoms with Crippen LogP contribution in [-0.4, -0.2) is 39.4 Å². The minimum Gasteiger partial charge on any atom is -0.493 e. The van der Waals surface area contributed by atoms with Crippen LogP contribution in [-0.2, 0) is 10.0 Å². The zero-order chi connectivity index (χ0) is 18.7. The number of benzene rings is 1. The molecule has 0 aliphatic heterocycles. The summed E-state index contributed by atoms with van der Waals surface area (Å²) < 4.78 is 33.3. The van der Waals surface area contributed by atoms with Crippen molar-refractivity contribution in [3.63, 3.8) is 0 Å². The maximum atomic E-state index is 11.3. The van der Waals surface area contributed by atoms with Gasteiger partial charge >= 0.3 is 0 Å². The number of anilines is 1. The highest BCUT2D eigenvalue weighted by molar-refractivity contribution is 7.89. The first-order valence-electron chi connectivity index (χ1n) is 8.67. The van der Waals surface area contributed by atoms with Gasteiger partial charge < -0.3 is 14.8 Å². The number of nitrogens with zero attached hydrogens (tertiary/aromatic N) is 1. The van der Waals surface area contributed by atoms with Crippen molar-refractivity contribution in [2.75, 3.05) is 25.3 Å². The number of rotatable bonds is 6. The van der Waals surface area contributed by atoms with Crippen molar-refractivity contribution in [2.24, 2.45) is 11.1 Å². The Kier molecular flexibility index (Phi) is 5.52. The summed E-state index contributed by atoms with van der Waals surface area (Å²) in [6.45, 7) is 0. The van der Waals surface area contributed by atoms with E-state index in [1.165, 1.54) is 0 Å². The van der Waals surface area contributed by atoms with Crippen molar-refractivity contribution in [1.29, 1.82) is 0 Å². The van der Waals surface area contributed by atoms with Gasteiger partial charge in [-0.1, -0.05) is 0 Å². The van der Waals surface area contributed by atoms with Gasteiger partial charge in [-0.2, -0.15) is 0 Å². The molecule has 1 aliphatic carbocycles. The first kappa shape index (κ1) is 18.7. The number of fused-ring (bicyclic) bond motifs is 1. The summed E-state index contributed by atoms with van der Waals surface area (Å²) in [6.07, 6.45) is 5.31. The largest absolute Gasteiger partial charge is 0.493 e. The Morgan fingerprint density at radius 3 is 2.42 bits per heavy atom. The van der Waals surface area contributed by atoms with E-state index >= 15 is 0 Å². The van der Waals surface area contributed by atoms with Crippen LogP contribution in [0.4, 0.5) is 5.69 Å². The third kappa shape index (κ3) is 4.37. The van der Waals surface area contributed by atoms with E-state index in [4.69, 9.17) is 14.6 Å². The van der Waals surface area contributed by atoms with Crippen molar-refractivity contribution < 1.29 is 17.9 Å². The minimum absolute atomic E-state index is 0.0783. The second-order valence-electron chi connectivity index (χ2n) is 6.77. The molecular weight excluding hydrogens is 354 g/mol. The monoisotopic (exact) mass is 379 g/mol. The highest BCUT2D eigenvalue weighted by atomic mass is 32.2. The van der Waals surface area contributed by atoms with E-state index in [0.29, 0.717) is 17.5 Å². The fourth-order valence-corrected chi connectivity index (χ4v) is 4.61. The number of hydrogen-bond donors (Lipinski definition) is 2. The molecule has 1 aromatic heterocycles. The Labute approximate surface area is 153 Å². The van der Waals surface area contributed by atoms with Crippen LogP contribution in [0.2, 0.25) is 0 Å². The summed E-state index contributed by atoms with van der Waals surface area (Å²) in [4.78, 5) is 4.42. The average Bonchev–Trinajstić information content (AvgIpc) is 2.61. The Morgan fingerprint density at radius 2 is 1.81 bits per heavy atom. The van der Waals surface area contributed by atoms with Gasteiger partial charge in [-0.15, -0.1) is 0 Å². The lowest BCUT2D eigenvalue weighted by molar-refractivity contribution is 0.355. The fourth-order valence-electron chi connectivity index (χ4n) is 3.62. The molecule has 1 heterocycles. The normalized spacial score (nSPS) is 20.7. The van der Waals surface area contributed by atoms with Gasteiger partial charge in [-0.25, -0.2) is 13.6 Å². The number of primary sulfonamides is 1. The van der Waals surface area contributed by atoms with E-state index in [-0.39, 0.29) is 11.7 Å². The number of nitrogens with one attached hydrogen (secondary N) is 1. The van der Waals surface area contributed by atoms with Crippen molar-refractivity contribution >= 4 is 26.6 Å². The van der Waals surface area contributed by atoms with Crippen LogP contribution < -0.4 is 19.9 Å². The number of pyridine rings is 1. The number of methoxy groups -OCH3 is 2. The molecule has 0 amide bonds. The molecule has 3 rings (SSSR count). The lowest BCUT2D eigenvalue weighted by atomic mass is 9.87. The van der Waals surface area contributed by atoms with E-state index in [2.05, 4.69) is 10.3 Å². The second kappa shape index (κ2) is 7.67. The first-order chi connectivity index (χ1) is 12.4. The van der Waals surface area contributed by atoms with Crippen molar-refractivity contribution in [3.8, 4) is 11.5 Å². The summed E-state index contributed by atoms with van der Waals surface area (Å²) >= 11 is 0. The smallest absolute Gasteiger partial charge is 0.209 e. The van der Waals surface area contributed by atoms with Gasteiger partial charge in [0.2, 0.25) is 10.0 Å². The van der Waals surface area contributed by atoms with Gasteiger partial charge in [-0.3, -0.25) is 4.98 Å². The Hall–Kier alpha value is -2.06. The third-order valence-electron chi connectivity index (χ3n) is 4.92. The molecule has 1 fully saturated rings. The number of sulfonamides is 1. The predicted octanol–water partition coefficient (Wildman–Crippen LogP) is 2.51. The molecule has 7 nitrogen and oxygen atoms in total. The topological polar surface area (TPSA) is 104 Å². The fraction of sp³-hybridized carbons (Fsp3) is 0.500. The second-order valence-corrected chi connectivity index (χ2v) is 8.43. The molecule has 142 valence electrons. The zero-order valence-electron chi connectivity index (χ0n) is 15.1. The summed E-state index contributed by atoms with van der Waals surface area (Å²) in [7, 11) is -0.184. The van der Waals surface area contributed by atoms with Gasteiger partial charge in [0.05, 0.1) is 25.5 Å². The number of nitrogens with two attached hydrogens (primary N) is 1. The number of hydrogen-bond acceptors (Lipinski definition) is 6. The summed E-state index contributed by atoms with van der Waals surface area (Å²) in [5.41, 5.74) is 1.82. The van der Waals surface area contributed by atoms with Gasteiger partial charge in [0, 0.05) is 29.4 Å². The van der Waals surface area contributed by atoms with Crippen molar-refractivity contribution in [2.45, 2.75) is 31.7 Å². The average molecular weight is 379 g/mol. The quantitative estimate of drug-likeness (QED) is 0.799. The van der Waals surface area contributed by atoms with Crippen LogP contribution in [0.1, 0.15) is 25.7 Å². The van der Waals surface area contributed by atoms with E-state index in [9.17, 15) is 8.42 Å². The van der Waals surface area contributed by atoms with Crippen LogP contribution in [0.15, 0.2) is 24.4 Å². The first-order valence-corrected chi connectivity index (χ1v) is 10.4. The SMILES string of the molecule is COc1cc2nccc(NC3CCC(CS(N)(=O)=O)CC3)c2cc1OC. The lowest BCUT2D eigenvalue weighted by Gasteiger charge is -2.29. The van der Waals surface area contributed by atoms with E-state index in [1.54, 1.807) is 20.4 Å². The highest BCUT2D eigenvalue weighted by Gasteiger charge is 2.24. The Balaban J connectivity index is 1.75. The molecule has 0 unspecified atom stereocenters. The Bertz CT molecular complexity index is 877. The van der Waals surface area contributed by atoms with Crippen LogP contribution >= 0.6 is 0 Å². The predicted molar refractivity (Wildman–Crippen MR) is 102 cm³/mol. The molecule has 0 atom stereocenters. The van der Waals surface area contributed by atoms with Crippen LogP contribution in [0.25, 0.3) is 10.9 Å². The standard InChI is InChI=1S/C18H25N3O4S/c1-24-17-9-14-15(7-8-20-16(14)10-18(17)25-2)21-13-5-3-12(4-6-13)11-26(19,22)23/h7-10,12-13H,3-6,11H2,1-2H3,(H,20,21)(H2,19,22,23). The highest BCUT2D eigenvalue weighted by Crippen LogP contribution is 2.35. The molecule has 2 aromatic rings.